The van der Waals surface area contributed by atoms with Gasteiger partial charge in [0.15, 0.2) is 0 Å². The predicted octanol–water partition coefficient (Wildman–Crippen LogP) is 2.04. The molecule has 0 aliphatic heterocycles. The molecule has 0 radical (unpaired) electrons. The zero-order valence-corrected chi connectivity index (χ0v) is 11.3. The molecule has 1 amide bonds. The van der Waals surface area contributed by atoms with Crippen molar-refractivity contribution < 1.29 is 9.90 Å². The van der Waals surface area contributed by atoms with E-state index in [1.54, 1.807) is 18.2 Å². The molecule has 0 fully saturated rings. The van der Waals surface area contributed by atoms with Crippen LogP contribution in [0.1, 0.15) is 27.5 Å². The first-order chi connectivity index (χ1) is 9.61. The second-order valence-corrected chi connectivity index (χ2v) is 4.69. The van der Waals surface area contributed by atoms with E-state index in [9.17, 15) is 9.90 Å². The molecule has 4 heteroatoms. The molecule has 0 aliphatic rings. The van der Waals surface area contributed by atoms with Gasteiger partial charge in [0.2, 0.25) is 0 Å². The summed E-state index contributed by atoms with van der Waals surface area (Å²) in [6, 6.07) is 14.1. The Hall–Kier alpha value is -2.33. The van der Waals surface area contributed by atoms with Crippen LogP contribution in [0.2, 0.25) is 0 Å². The number of aliphatic hydroxyl groups excluding tert-OH is 1. The number of rotatable bonds is 4. The lowest BCUT2D eigenvalue weighted by Gasteiger charge is -2.17. The molecule has 4 nitrogen and oxygen atoms in total. The van der Waals surface area contributed by atoms with Gasteiger partial charge in [0.25, 0.3) is 5.91 Å². The Balaban J connectivity index is 2.15. The molecule has 0 bridgehead atoms. The Kier molecular flexibility index (Phi) is 4.38. The van der Waals surface area contributed by atoms with Gasteiger partial charge in [0.1, 0.15) is 0 Å². The average molecular weight is 270 g/mol. The lowest BCUT2D eigenvalue weighted by atomic mass is 10.1. The quantitative estimate of drug-likeness (QED) is 0.744. The zero-order chi connectivity index (χ0) is 14.5. The molecule has 1 atom stereocenters. The average Bonchev–Trinajstić information content (AvgIpc) is 2.48. The Bertz CT molecular complexity index is 597. The normalized spacial score (nSPS) is 11.9. The SMILES string of the molecule is Cc1ccc(C(=O)N[C@H](CO)c2ccccc2)cc1N. The topological polar surface area (TPSA) is 75.3 Å². The molecule has 0 heterocycles. The number of aliphatic hydroxyl groups is 1. The van der Waals surface area contributed by atoms with Gasteiger partial charge in [0.05, 0.1) is 12.6 Å². The molecule has 2 aromatic carbocycles. The van der Waals surface area contributed by atoms with Gasteiger partial charge in [-0.1, -0.05) is 36.4 Å². The van der Waals surface area contributed by atoms with Gasteiger partial charge >= 0.3 is 0 Å². The number of hydrogen-bond acceptors (Lipinski definition) is 3. The summed E-state index contributed by atoms with van der Waals surface area (Å²) in [6.45, 7) is 1.73. The van der Waals surface area contributed by atoms with Gasteiger partial charge < -0.3 is 16.2 Å². The molecule has 2 rings (SSSR count). The van der Waals surface area contributed by atoms with Crippen LogP contribution in [-0.2, 0) is 0 Å². The van der Waals surface area contributed by atoms with Crippen LogP contribution in [0.4, 0.5) is 5.69 Å². The number of benzene rings is 2. The third kappa shape index (κ3) is 3.16. The maximum atomic E-state index is 12.2. The van der Waals surface area contributed by atoms with Crippen molar-refractivity contribution in [2.45, 2.75) is 13.0 Å². The van der Waals surface area contributed by atoms with E-state index in [1.165, 1.54) is 0 Å². The second-order valence-electron chi connectivity index (χ2n) is 4.69. The summed E-state index contributed by atoms with van der Waals surface area (Å²) >= 11 is 0. The summed E-state index contributed by atoms with van der Waals surface area (Å²) in [7, 11) is 0. The highest BCUT2D eigenvalue weighted by Gasteiger charge is 2.15. The van der Waals surface area contributed by atoms with Crippen molar-refractivity contribution in [3.8, 4) is 0 Å². The van der Waals surface area contributed by atoms with E-state index in [1.807, 2.05) is 37.3 Å². The smallest absolute Gasteiger partial charge is 0.251 e. The highest BCUT2D eigenvalue weighted by Crippen LogP contribution is 2.16. The van der Waals surface area contributed by atoms with Crippen molar-refractivity contribution in [1.82, 2.24) is 5.32 Å². The third-order valence-electron chi connectivity index (χ3n) is 3.23. The number of anilines is 1. The first-order valence-electron chi connectivity index (χ1n) is 6.44. The molecule has 0 aromatic heterocycles. The van der Waals surface area contributed by atoms with Gasteiger partial charge in [-0.25, -0.2) is 0 Å². The van der Waals surface area contributed by atoms with Crippen LogP contribution in [0.3, 0.4) is 0 Å². The Morgan fingerprint density at radius 2 is 1.95 bits per heavy atom. The second kappa shape index (κ2) is 6.21. The number of hydrogen-bond donors (Lipinski definition) is 3. The summed E-state index contributed by atoms with van der Waals surface area (Å²) in [5.74, 6) is -0.250. The predicted molar refractivity (Wildman–Crippen MR) is 79.3 cm³/mol. The molecule has 0 unspecified atom stereocenters. The summed E-state index contributed by atoms with van der Waals surface area (Å²) in [6.07, 6.45) is 0. The van der Waals surface area contributed by atoms with E-state index >= 15 is 0 Å². The summed E-state index contributed by atoms with van der Waals surface area (Å²) in [5, 5.41) is 12.2. The lowest BCUT2D eigenvalue weighted by molar-refractivity contribution is 0.0916. The highest BCUT2D eigenvalue weighted by atomic mass is 16.3. The molecular weight excluding hydrogens is 252 g/mol. The van der Waals surface area contributed by atoms with E-state index in [-0.39, 0.29) is 12.5 Å². The minimum absolute atomic E-state index is 0.156. The van der Waals surface area contributed by atoms with Crippen molar-refractivity contribution in [1.29, 1.82) is 0 Å². The largest absolute Gasteiger partial charge is 0.398 e. The monoisotopic (exact) mass is 270 g/mol. The van der Waals surface area contributed by atoms with E-state index in [2.05, 4.69) is 5.32 Å². The fourth-order valence-corrected chi connectivity index (χ4v) is 1.94. The van der Waals surface area contributed by atoms with Crippen LogP contribution < -0.4 is 11.1 Å². The van der Waals surface area contributed by atoms with Crippen LogP contribution in [0.15, 0.2) is 48.5 Å². The molecule has 20 heavy (non-hydrogen) atoms. The first kappa shape index (κ1) is 14.1. The maximum absolute atomic E-state index is 12.2. The molecule has 0 aliphatic carbocycles. The van der Waals surface area contributed by atoms with E-state index in [0.717, 1.165) is 11.1 Å². The molecule has 2 aromatic rings. The third-order valence-corrected chi connectivity index (χ3v) is 3.23. The fourth-order valence-electron chi connectivity index (χ4n) is 1.94. The highest BCUT2D eigenvalue weighted by molar-refractivity contribution is 5.95. The molecule has 0 saturated heterocycles. The van der Waals surface area contributed by atoms with Gasteiger partial charge in [-0.15, -0.1) is 0 Å². The van der Waals surface area contributed by atoms with Crippen LogP contribution in [0.5, 0.6) is 0 Å². The maximum Gasteiger partial charge on any atom is 0.251 e. The summed E-state index contributed by atoms with van der Waals surface area (Å²) in [5.41, 5.74) is 8.67. The van der Waals surface area contributed by atoms with Crippen LogP contribution in [0.25, 0.3) is 0 Å². The van der Waals surface area contributed by atoms with Crippen molar-refractivity contribution >= 4 is 11.6 Å². The first-order valence-corrected chi connectivity index (χ1v) is 6.44. The molecule has 4 N–H and O–H groups in total. The fraction of sp³-hybridized carbons (Fsp3) is 0.188. The number of nitrogens with two attached hydrogens (primary N) is 1. The van der Waals surface area contributed by atoms with Gasteiger partial charge in [-0.3, -0.25) is 4.79 Å². The summed E-state index contributed by atoms with van der Waals surface area (Å²) < 4.78 is 0. The number of nitrogens with one attached hydrogen (secondary N) is 1. The Morgan fingerprint density at radius 3 is 2.55 bits per heavy atom. The zero-order valence-electron chi connectivity index (χ0n) is 11.3. The van der Waals surface area contributed by atoms with E-state index in [0.29, 0.717) is 11.3 Å². The van der Waals surface area contributed by atoms with E-state index in [4.69, 9.17) is 5.73 Å². The van der Waals surface area contributed by atoms with Crippen LogP contribution >= 0.6 is 0 Å². The lowest BCUT2D eigenvalue weighted by Crippen LogP contribution is -2.30. The van der Waals surface area contributed by atoms with Crippen LogP contribution in [-0.4, -0.2) is 17.6 Å². The number of nitrogen functional groups attached to an aromatic ring is 1. The van der Waals surface area contributed by atoms with Crippen molar-refractivity contribution in [2.75, 3.05) is 12.3 Å². The Labute approximate surface area is 118 Å². The van der Waals surface area contributed by atoms with Crippen LogP contribution in [0, 0.1) is 6.92 Å². The van der Waals surface area contributed by atoms with Gasteiger partial charge in [-0.05, 0) is 30.2 Å². The molecular formula is C16H18N2O2. The number of carbonyl (C=O) groups is 1. The number of amides is 1. The van der Waals surface area contributed by atoms with Crippen molar-refractivity contribution in [2.24, 2.45) is 0 Å². The summed E-state index contributed by atoms with van der Waals surface area (Å²) in [4.78, 5) is 12.2. The number of carbonyl (C=O) groups excluding carboxylic acids is 1. The minimum Gasteiger partial charge on any atom is -0.398 e. The molecule has 0 saturated carbocycles. The van der Waals surface area contributed by atoms with Gasteiger partial charge in [-0.2, -0.15) is 0 Å². The number of aryl methyl sites for hydroxylation is 1. The standard InChI is InChI=1S/C16H18N2O2/c1-11-7-8-13(9-14(11)17)16(20)18-15(10-19)12-5-3-2-4-6-12/h2-9,15,19H,10,17H2,1H3,(H,18,20)/t15-/m1/s1. The molecule has 0 spiro atoms. The van der Waals surface area contributed by atoms with E-state index < -0.39 is 6.04 Å². The minimum atomic E-state index is -0.425. The van der Waals surface area contributed by atoms with Crippen molar-refractivity contribution in [3.63, 3.8) is 0 Å². The van der Waals surface area contributed by atoms with Crippen molar-refractivity contribution in [3.05, 3.63) is 65.2 Å². The van der Waals surface area contributed by atoms with Gasteiger partial charge in [0, 0.05) is 11.3 Å². The molecule has 104 valence electrons. The Morgan fingerprint density at radius 1 is 1.25 bits per heavy atom.